The van der Waals surface area contributed by atoms with Crippen molar-refractivity contribution in [1.29, 1.82) is 0 Å². The molecule has 0 unspecified atom stereocenters. The Kier molecular flexibility index (Phi) is 4.52. The van der Waals surface area contributed by atoms with Crippen LogP contribution in [0.1, 0.15) is 25.7 Å². The maximum atomic E-state index is 12.9. The monoisotopic (exact) mass is 233 g/mol. The summed E-state index contributed by atoms with van der Waals surface area (Å²) in [6.45, 7) is 0. The van der Waals surface area contributed by atoms with Crippen molar-refractivity contribution in [1.82, 2.24) is 5.32 Å². The first-order valence-corrected chi connectivity index (χ1v) is 5.26. The lowest BCUT2D eigenvalue weighted by Crippen LogP contribution is -2.47. The van der Waals surface area contributed by atoms with Gasteiger partial charge in [0.25, 0.3) is 0 Å². The SMILES string of the molecule is COC(=O)N[C@@H](C(=O)O)C1CCC(F)CC1. The molecular formula is C10H16FNO4. The Hall–Kier alpha value is -1.33. The normalized spacial score (nSPS) is 26.9. The van der Waals surface area contributed by atoms with Gasteiger partial charge in [0.2, 0.25) is 0 Å². The molecule has 0 bridgehead atoms. The third kappa shape index (κ3) is 3.36. The van der Waals surface area contributed by atoms with Crippen molar-refractivity contribution in [2.45, 2.75) is 37.9 Å². The van der Waals surface area contributed by atoms with E-state index in [1.54, 1.807) is 0 Å². The van der Waals surface area contributed by atoms with E-state index in [-0.39, 0.29) is 5.92 Å². The molecule has 1 fully saturated rings. The molecule has 1 rings (SSSR count). The highest BCUT2D eigenvalue weighted by atomic mass is 19.1. The fourth-order valence-corrected chi connectivity index (χ4v) is 1.98. The van der Waals surface area contributed by atoms with E-state index in [4.69, 9.17) is 5.11 Å². The van der Waals surface area contributed by atoms with Gasteiger partial charge in [0, 0.05) is 0 Å². The lowest BCUT2D eigenvalue weighted by atomic mass is 9.83. The van der Waals surface area contributed by atoms with Crippen LogP contribution in [0.2, 0.25) is 0 Å². The Morgan fingerprint density at radius 3 is 2.38 bits per heavy atom. The van der Waals surface area contributed by atoms with Crippen molar-refractivity contribution >= 4 is 12.1 Å². The average molecular weight is 233 g/mol. The first-order valence-electron chi connectivity index (χ1n) is 5.26. The highest BCUT2D eigenvalue weighted by molar-refractivity contribution is 5.80. The molecule has 0 heterocycles. The standard InChI is InChI=1S/C10H16FNO4/c1-16-10(15)12-8(9(13)14)6-2-4-7(11)5-3-6/h6-8H,2-5H2,1H3,(H,12,15)(H,13,14)/t6?,7?,8-/m1/s1. The molecule has 1 aliphatic carbocycles. The number of carboxylic acid groups (broad SMARTS) is 1. The summed E-state index contributed by atoms with van der Waals surface area (Å²) >= 11 is 0. The van der Waals surface area contributed by atoms with Crippen LogP contribution in [0.25, 0.3) is 0 Å². The molecule has 2 N–H and O–H groups in total. The summed E-state index contributed by atoms with van der Waals surface area (Å²) in [4.78, 5) is 21.9. The molecule has 0 aromatic carbocycles. The second-order valence-corrected chi connectivity index (χ2v) is 3.96. The van der Waals surface area contributed by atoms with Crippen LogP contribution in [0, 0.1) is 5.92 Å². The molecular weight excluding hydrogens is 217 g/mol. The van der Waals surface area contributed by atoms with Crippen molar-refractivity contribution in [3.05, 3.63) is 0 Å². The second-order valence-electron chi connectivity index (χ2n) is 3.96. The van der Waals surface area contributed by atoms with Gasteiger partial charge >= 0.3 is 12.1 Å². The molecule has 1 saturated carbocycles. The van der Waals surface area contributed by atoms with E-state index in [0.717, 1.165) is 0 Å². The number of carboxylic acids is 1. The number of alkyl carbamates (subject to hydrolysis) is 1. The number of amides is 1. The highest BCUT2D eigenvalue weighted by Gasteiger charge is 2.33. The van der Waals surface area contributed by atoms with Gasteiger partial charge in [-0.1, -0.05) is 0 Å². The molecule has 0 radical (unpaired) electrons. The summed E-state index contributed by atoms with van der Waals surface area (Å²) < 4.78 is 17.2. The number of carbonyl (C=O) groups is 2. The molecule has 0 aromatic heterocycles. The third-order valence-electron chi connectivity index (χ3n) is 2.90. The minimum Gasteiger partial charge on any atom is -0.480 e. The number of alkyl halides is 1. The third-order valence-corrected chi connectivity index (χ3v) is 2.90. The van der Waals surface area contributed by atoms with Gasteiger partial charge in [0.05, 0.1) is 7.11 Å². The van der Waals surface area contributed by atoms with Crippen LogP contribution >= 0.6 is 0 Å². The summed E-state index contributed by atoms with van der Waals surface area (Å²) in [7, 11) is 1.17. The van der Waals surface area contributed by atoms with Gasteiger partial charge < -0.3 is 15.2 Å². The number of methoxy groups -OCH3 is 1. The maximum Gasteiger partial charge on any atom is 0.407 e. The molecule has 1 amide bonds. The Balaban J connectivity index is 2.56. The molecule has 6 heteroatoms. The van der Waals surface area contributed by atoms with Crippen LogP contribution in [-0.4, -0.2) is 36.5 Å². The number of hydrogen-bond donors (Lipinski definition) is 2. The lowest BCUT2D eigenvalue weighted by molar-refractivity contribution is -0.141. The number of rotatable bonds is 3. The molecule has 0 spiro atoms. The van der Waals surface area contributed by atoms with E-state index < -0.39 is 24.3 Å². The zero-order chi connectivity index (χ0) is 12.1. The van der Waals surface area contributed by atoms with E-state index in [0.29, 0.717) is 25.7 Å². The quantitative estimate of drug-likeness (QED) is 0.771. The van der Waals surface area contributed by atoms with E-state index in [1.807, 2.05) is 0 Å². The van der Waals surface area contributed by atoms with Gasteiger partial charge in [0.1, 0.15) is 12.2 Å². The second kappa shape index (κ2) is 5.67. The first kappa shape index (κ1) is 12.7. The number of aliphatic carboxylic acids is 1. The van der Waals surface area contributed by atoms with Crippen molar-refractivity contribution < 1.29 is 23.8 Å². The molecule has 0 aromatic rings. The predicted molar refractivity (Wildman–Crippen MR) is 53.8 cm³/mol. The Morgan fingerprint density at radius 1 is 1.38 bits per heavy atom. The topological polar surface area (TPSA) is 75.6 Å². The van der Waals surface area contributed by atoms with Gasteiger partial charge in [-0.05, 0) is 31.6 Å². The van der Waals surface area contributed by atoms with Crippen LogP contribution in [0.5, 0.6) is 0 Å². The minimum atomic E-state index is -1.10. The fourth-order valence-electron chi connectivity index (χ4n) is 1.98. The Morgan fingerprint density at radius 2 is 1.94 bits per heavy atom. The Labute approximate surface area is 93.0 Å². The molecule has 92 valence electrons. The molecule has 16 heavy (non-hydrogen) atoms. The van der Waals surface area contributed by atoms with E-state index in [9.17, 15) is 14.0 Å². The molecule has 1 aliphatic rings. The molecule has 5 nitrogen and oxygen atoms in total. The summed E-state index contributed by atoms with van der Waals surface area (Å²) in [6.07, 6.45) is 0.0531. The van der Waals surface area contributed by atoms with Crippen molar-refractivity contribution in [2.75, 3.05) is 7.11 Å². The van der Waals surface area contributed by atoms with Crippen molar-refractivity contribution in [3.63, 3.8) is 0 Å². The maximum absolute atomic E-state index is 12.9. The van der Waals surface area contributed by atoms with Crippen LogP contribution in [0.3, 0.4) is 0 Å². The molecule has 0 aliphatic heterocycles. The van der Waals surface area contributed by atoms with Crippen LogP contribution in [0.4, 0.5) is 9.18 Å². The predicted octanol–water partition coefficient (Wildman–Crippen LogP) is 1.32. The minimum absolute atomic E-state index is 0.219. The zero-order valence-corrected chi connectivity index (χ0v) is 9.11. The van der Waals surface area contributed by atoms with Crippen molar-refractivity contribution in [3.8, 4) is 0 Å². The molecule has 0 saturated heterocycles. The lowest BCUT2D eigenvalue weighted by Gasteiger charge is -2.29. The zero-order valence-electron chi connectivity index (χ0n) is 9.11. The van der Waals surface area contributed by atoms with Gasteiger partial charge in [-0.25, -0.2) is 14.0 Å². The van der Waals surface area contributed by atoms with Gasteiger partial charge in [-0.2, -0.15) is 0 Å². The van der Waals surface area contributed by atoms with Crippen LogP contribution in [0.15, 0.2) is 0 Å². The van der Waals surface area contributed by atoms with Gasteiger partial charge in [-0.15, -0.1) is 0 Å². The summed E-state index contributed by atoms with van der Waals surface area (Å²) in [5.74, 6) is -1.32. The van der Waals surface area contributed by atoms with Crippen LogP contribution in [-0.2, 0) is 9.53 Å². The number of carbonyl (C=O) groups excluding carboxylic acids is 1. The Bertz CT molecular complexity index is 264. The van der Waals surface area contributed by atoms with Gasteiger partial charge in [-0.3, -0.25) is 0 Å². The summed E-state index contributed by atoms with van der Waals surface area (Å²) in [5, 5.41) is 11.2. The number of ether oxygens (including phenoxy) is 1. The number of halogens is 1. The van der Waals surface area contributed by atoms with E-state index >= 15 is 0 Å². The fraction of sp³-hybridized carbons (Fsp3) is 0.800. The number of hydrogen-bond acceptors (Lipinski definition) is 3. The van der Waals surface area contributed by atoms with Crippen LogP contribution < -0.4 is 5.32 Å². The molecule has 1 atom stereocenters. The highest BCUT2D eigenvalue weighted by Crippen LogP contribution is 2.28. The smallest absolute Gasteiger partial charge is 0.407 e. The van der Waals surface area contributed by atoms with Gasteiger partial charge in [0.15, 0.2) is 0 Å². The summed E-state index contributed by atoms with van der Waals surface area (Å²) in [6, 6.07) is -0.986. The van der Waals surface area contributed by atoms with Crippen molar-refractivity contribution in [2.24, 2.45) is 5.92 Å². The van der Waals surface area contributed by atoms with E-state index in [1.165, 1.54) is 7.11 Å². The largest absolute Gasteiger partial charge is 0.480 e. The number of nitrogens with one attached hydrogen (secondary N) is 1. The average Bonchev–Trinajstić information content (AvgIpc) is 2.26. The first-order chi connectivity index (χ1) is 7.54. The summed E-state index contributed by atoms with van der Waals surface area (Å²) in [5.41, 5.74) is 0. The van der Waals surface area contributed by atoms with E-state index in [2.05, 4.69) is 10.1 Å².